The number of hydrogen-bond acceptors (Lipinski definition) is 7. The molecule has 1 aromatic rings. The van der Waals surface area contributed by atoms with Crippen molar-refractivity contribution in [3.63, 3.8) is 0 Å². The summed E-state index contributed by atoms with van der Waals surface area (Å²) in [5.74, 6) is 0.445. The molecular formula is C21H36N4O4. The van der Waals surface area contributed by atoms with Gasteiger partial charge in [-0.05, 0) is 75.6 Å². The number of ether oxygens (including phenoxy) is 2. The van der Waals surface area contributed by atoms with Crippen LogP contribution in [0.25, 0.3) is 6.08 Å². The van der Waals surface area contributed by atoms with Gasteiger partial charge in [0.15, 0.2) is 11.5 Å². The minimum atomic E-state index is -0.0689. The van der Waals surface area contributed by atoms with Crippen molar-refractivity contribution in [3.05, 3.63) is 23.8 Å². The number of phenolic OH excluding ortho intramolecular Hbond substituents is 1. The number of nitrogens with two attached hydrogens (primary N) is 2. The highest BCUT2D eigenvalue weighted by atomic mass is 16.5. The van der Waals surface area contributed by atoms with Crippen molar-refractivity contribution in [2.24, 2.45) is 11.5 Å². The summed E-state index contributed by atoms with van der Waals surface area (Å²) in [6.45, 7) is 4.39. The lowest BCUT2D eigenvalue weighted by Gasteiger charge is -2.21. The largest absolute Gasteiger partial charge is 0.502 e. The molecule has 0 unspecified atom stereocenters. The maximum atomic E-state index is 12.7. The van der Waals surface area contributed by atoms with Crippen molar-refractivity contribution >= 4 is 12.0 Å². The summed E-state index contributed by atoms with van der Waals surface area (Å²) in [6.07, 6.45) is 6.86. The average Bonchev–Trinajstić information content (AvgIpc) is 2.74. The Hall–Kier alpha value is -2.29. The van der Waals surface area contributed by atoms with Crippen LogP contribution in [0.2, 0.25) is 0 Å². The molecule has 8 heteroatoms. The summed E-state index contributed by atoms with van der Waals surface area (Å²) in [5, 5.41) is 13.3. The molecule has 0 saturated heterocycles. The van der Waals surface area contributed by atoms with Crippen LogP contribution in [0, 0.1) is 0 Å². The van der Waals surface area contributed by atoms with Crippen LogP contribution in [0.3, 0.4) is 0 Å². The Morgan fingerprint density at radius 1 is 1.03 bits per heavy atom. The molecule has 1 rings (SSSR count). The van der Waals surface area contributed by atoms with E-state index in [1.807, 2.05) is 4.90 Å². The zero-order valence-corrected chi connectivity index (χ0v) is 17.7. The number of aromatic hydroxyl groups is 1. The van der Waals surface area contributed by atoms with Gasteiger partial charge < -0.3 is 36.3 Å². The van der Waals surface area contributed by atoms with Crippen LogP contribution in [0.4, 0.5) is 0 Å². The van der Waals surface area contributed by atoms with Gasteiger partial charge in [0, 0.05) is 19.2 Å². The SMILES string of the molecule is COc1cc(/C=C\C(=O)N(CCCN)CCCCNCCCN)cc(OC)c1O. The number of phenols is 1. The molecule has 164 valence electrons. The van der Waals surface area contributed by atoms with Gasteiger partial charge in [-0.15, -0.1) is 0 Å². The molecule has 1 amide bonds. The summed E-state index contributed by atoms with van der Waals surface area (Å²) in [6, 6.07) is 3.30. The molecule has 0 aromatic heterocycles. The van der Waals surface area contributed by atoms with Gasteiger partial charge in [-0.25, -0.2) is 0 Å². The van der Waals surface area contributed by atoms with Gasteiger partial charge in [-0.1, -0.05) is 0 Å². The van der Waals surface area contributed by atoms with Gasteiger partial charge >= 0.3 is 0 Å². The zero-order valence-electron chi connectivity index (χ0n) is 17.7. The standard InChI is InChI=1S/C21H36N4O4/c1-28-18-15-17(16-19(29-2)21(18)27)7-8-20(26)25(14-6-10-23)13-4-3-11-24-12-5-9-22/h7-8,15-16,24,27H,3-6,9-14,22-23H2,1-2H3/b8-7-. The van der Waals surface area contributed by atoms with E-state index in [4.69, 9.17) is 20.9 Å². The Labute approximate surface area is 173 Å². The van der Waals surface area contributed by atoms with E-state index < -0.39 is 0 Å². The number of methoxy groups -OCH3 is 2. The summed E-state index contributed by atoms with van der Waals surface area (Å²) in [5.41, 5.74) is 11.8. The molecule has 0 aliphatic carbocycles. The number of carbonyl (C=O) groups excluding carboxylic acids is 1. The van der Waals surface area contributed by atoms with E-state index in [9.17, 15) is 9.90 Å². The second-order valence-electron chi connectivity index (χ2n) is 6.67. The lowest BCUT2D eigenvalue weighted by molar-refractivity contribution is -0.126. The van der Waals surface area contributed by atoms with Crippen molar-refractivity contribution in [2.75, 3.05) is 53.5 Å². The molecule has 0 aliphatic heterocycles. The number of nitrogens with zero attached hydrogens (tertiary/aromatic N) is 1. The number of hydrogen-bond donors (Lipinski definition) is 4. The first-order valence-corrected chi connectivity index (χ1v) is 10.1. The Morgan fingerprint density at radius 3 is 2.21 bits per heavy atom. The number of carbonyl (C=O) groups is 1. The summed E-state index contributed by atoms with van der Waals surface area (Å²) >= 11 is 0. The fraction of sp³-hybridized carbons (Fsp3) is 0.571. The van der Waals surface area contributed by atoms with Crippen LogP contribution < -0.4 is 26.3 Å². The molecule has 0 spiro atoms. The molecule has 1 aromatic carbocycles. The number of rotatable bonds is 15. The van der Waals surface area contributed by atoms with Crippen molar-refractivity contribution < 1.29 is 19.4 Å². The number of benzene rings is 1. The Kier molecular flexibility index (Phi) is 12.5. The molecule has 0 radical (unpaired) electrons. The second kappa shape index (κ2) is 14.7. The van der Waals surface area contributed by atoms with Crippen LogP contribution >= 0.6 is 0 Å². The summed E-state index contributed by atoms with van der Waals surface area (Å²) in [7, 11) is 2.93. The summed E-state index contributed by atoms with van der Waals surface area (Å²) < 4.78 is 10.3. The van der Waals surface area contributed by atoms with Crippen molar-refractivity contribution in [1.82, 2.24) is 10.2 Å². The fourth-order valence-electron chi connectivity index (χ4n) is 2.80. The van der Waals surface area contributed by atoms with E-state index in [0.717, 1.165) is 38.8 Å². The third-order valence-corrected chi connectivity index (χ3v) is 4.45. The van der Waals surface area contributed by atoms with Crippen molar-refractivity contribution in [3.8, 4) is 17.2 Å². The highest BCUT2D eigenvalue weighted by Crippen LogP contribution is 2.37. The number of nitrogens with one attached hydrogen (secondary N) is 1. The van der Waals surface area contributed by atoms with Gasteiger partial charge in [0.25, 0.3) is 0 Å². The molecule has 0 bridgehead atoms. The molecule has 0 saturated carbocycles. The molecule has 0 heterocycles. The minimum absolute atomic E-state index is 0.0666. The molecule has 0 atom stereocenters. The van der Waals surface area contributed by atoms with E-state index in [2.05, 4.69) is 5.32 Å². The van der Waals surface area contributed by atoms with Gasteiger partial charge in [0.2, 0.25) is 11.7 Å². The first kappa shape index (κ1) is 24.7. The highest BCUT2D eigenvalue weighted by Gasteiger charge is 2.12. The van der Waals surface area contributed by atoms with Crippen LogP contribution in [0.15, 0.2) is 18.2 Å². The van der Waals surface area contributed by atoms with E-state index in [1.54, 1.807) is 18.2 Å². The molecule has 8 nitrogen and oxygen atoms in total. The van der Waals surface area contributed by atoms with Crippen molar-refractivity contribution in [2.45, 2.75) is 25.7 Å². The second-order valence-corrected chi connectivity index (χ2v) is 6.67. The Morgan fingerprint density at radius 2 is 1.62 bits per heavy atom. The number of unbranched alkanes of at least 4 members (excludes halogenated alkanes) is 1. The highest BCUT2D eigenvalue weighted by molar-refractivity contribution is 5.92. The Bertz CT molecular complexity index is 612. The molecule has 0 fully saturated rings. The smallest absolute Gasteiger partial charge is 0.246 e. The average molecular weight is 409 g/mol. The topological polar surface area (TPSA) is 123 Å². The predicted octanol–water partition coefficient (Wildman–Crippen LogP) is 1.32. The van der Waals surface area contributed by atoms with Gasteiger partial charge in [-0.3, -0.25) is 4.79 Å². The molecule has 0 aliphatic rings. The van der Waals surface area contributed by atoms with Crippen LogP contribution in [0.5, 0.6) is 17.2 Å². The lowest BCUT2D eigenvalue weighted by Crippen LogP contribution is -2.33. The van der Waals surface area contributed by atoms with Gasteiger partial charge in [0.05, 0.1) is 14.2 Å². The normalized spacial score (nSPS) is 11.0. The molecule has 6 N–H and O–H groups in total. The van der Waals surface area contributed by atoms with Crippen LogP contribution in [0.1, 0.15) is 31.2 Å². The predicted molar refractivity (Wildman–Crippen MR) is 116 cm³/mol. The molecule has 29 heavy (non-hydrogen) atoms. The molecular weight excluding hydrogens is 372 g/mol. The zero-order chi connectivity index (χ0) is 21.5. The van der Waals surface area contributed by atoms with E-state index in [0.29, 0.717) is 43.2 Å². The van der Waals surface area contributed by atoms with Crippen LogP contribution in [-0.4, -0.2) is 69.4 Å². The third kappa shape index (κ3) is 9.17. The Balaban J connectivity index is 2.67. The first-order valence-electron chi connectivity index (χ1n) is 10.1. The summed E-state index contributed by atoms with van der Waals surface area (Å²) in [4.78, 5) is 14.5. The van der Waals surface area contributed by atoms with E-state index in [1.165, 1.54) is 20.3 Å². The van der Waals surface area contributed by atoms with E-state index in [-0.39, 0.29) is 11.7 Å². The first-order chi connectivity index (χ1) is 14.1. The van der Waals surface area contributed by atoms with Gasteiger partial charge in [0.1, 0.15) is 0 Å². The maximum absolute atomic E-state index is 12.7. The lowest BCUT2D eigenvalue weighted by atomic mass is 10.1. The third-order valence-electron chi connectivity index (χ3n) is 4.45. The quantitative estimate of drug-likeness (QED) is 0.255. The monoisotopic (exact) mass is 408 g/mol. The van der Waals surface area contributed by atoms with Crippen LogP contribution in [-0.2, 0) is 4.79 Å². The number of amides is 1. The van der Waals surface area contributed by atoms with Gasteiger partial charge in [-0.2, -0.15) is 0 Å². The minimum Gasteiger partial charge on any atom is -0.502 e. The maximum Gasteiger partial charge on any atom is 0.246 e. The van der Waals surface area contributed by atoms with E-state index >= 15 is 0 Å². The fourth-order valence-corrected chi connectivity index (χ4v) is 2.80. The van der Waals surface area contributed by atoms with Crippen molar-refractivity contribution in [1.29, 1.82) is 0 Å².